The van der Waals surface area contributed by atoms with Crippen LogP contribution in [-0.4, -0.2) is 82.8 Å². The first kappa shape index (κ1) is 20.3. The lowest BCUT2D eigenvalue weighted by Gasteiger charge is -2.44. The van der Waals surface area contributed by atoms with Crippen molar-refractivity contribution in [1.82, 2.24) is 24.7 Å². The van der Waals surface area contributed by atoms with Crippen LogP contribution in [0, 0.1) is 0 Å². The molecule has 0 bridgehead atoms. The van der Waals surface area contributed by atoms with Gasteiger partial charge in [0, 0.05) is 57.7 Å². The second-order valence-corrected chi connectivity index (χ2v) is 8.12. The minimum atomic E-state index is -0.0860. The summed E-state index contributed by atoms with van der Waals surface area (Å²) >= 11 is 0. The fraction of sp³-hybridized carbons (Fsp3) is 0.800. The molecule has 2 aliphatic rings. The molecule has 3 rings (SSSR count). The van der Waals surface area contributed by atoms with Crippen molar-refractivity contribution < 1.29 is 9.53 Å². The van der Waals surface area contributed by atoms with E-state index in [2.05, 4.69) is 33.9 Å². The van der Waals surface area contributed by atoms with Gasteiger partial charge in [0.15, 0.2) is 0 Å². The summed E-state index contributed by atoms with van der Waals surface area (Å²) in [7, 11) is 1.88. The third kappa shape index (κ3) is 5.53. The smallest absolute Gasteiger partial charge is 0.271 e. The molecule has 1 N–H and O–H groups in total. The molecule has 27 heavy (non-hydrogen) atoms. The maximum atomic E-state index is 12.3. The van der Waals surface area contributed by atoms with Gasteiger partial charge >= 0.3 is 0 Å². The van der Waals surface area contributed by atoms with E-state index in [4.69, 9.17) is 4.74 Å². The van der Waals surface area contributed by atoms with E-state index in [0.29, 0.717) is 30.4 Å². The molecule has 0 aliphatic carbocycles. The van der Waals surface area contributed by atoms with Crippen LogP contribution in [0.25, 0.3) is 0 Å². The summed E-state index contributed by atoms with van der Waals surface area (Å²) in [5.74, 6) is -0.0860. The fourth-order valence-electron chi connectivity index (χ4n) is 4.33. The van der Waals surface area contributed by atoms with Crippen molar-refractivity contribution in [2.45, 2.75) is 57.7 Å². The van der Waals surface area contributed by atoms with Crippen LogP contribution in [0.15, 0.2) is 12.5 Å². The van der Waals surface area contributed by atoms with Crippen molar-refractivity contribution in [2.75, 3.05) is 39.4 Å². The highest BCUT2D eigenvalue weighted by Crippen LogP contribution is 2.24. The zero-order valence-electron chi connectivity index (χ0n) is 17.1. The van der Waals surface area contributed by atoms with Gasteiger partial charge in [-0.2, -0.15) is 0 Å². The maximum Gasteiger partial charge on any atom is 0.271 e. The first-order chi connectivity index (χ1) is 13.0. The predicted molar refractivity (Wildman–Crippen MR) is 106 cm³/mol. The summed E-state index contributed by atoms with van der Waals surface area (Å²) in [5, 5.41) is 3.05. The van der Waals surface area contributed by atoms with Gasteiger partial charge in [-0.25, -0.2) is 4.98 Å². The SMILES string of the molecule is CC(C)N1CCC(N(CCNC(=O)c2cn(C)cn2)C2CCOCC2)CC1. The molecule has 1 aromatic heterocycles. The molecule has 2 fully saturated rings. The molecule has 0 saturated carbocycles. The Labute approximate surface area is 163 Å². The minimum Gasteiger partial charge on any atom is -0.381 e. The summed E-state index contributed by atoms with van der Waals surface area (Å²) in [6.45, 7) is 10.2. The number of hydrogen-bond donors (Lipinski definition) is 1. The van der Waals surface area contributed by atoms with Crippen LogP contribution >= 0.6 is 0 Å². The molecule has 2 saturated heterocycles. The van der Waals surface area contributed by atoms with Gasteiger partial charge < -0.3 is 19.5 Å². The highest BCUT2D eigenvalue weighted by Gasteiger charge is 2.31. The summed E-state index contributed by atoms with van der Waals surface area (Å²) in [6.07, 6.45) is 8.03. The van der Waals surface area contributed by atoms with Crippen molar-refractivity contribution in [2.24, 2.45) is 7.05 Å². The first-order valence-electron chi connectivity index (χ1n) is 10.4. The molecule has 3 heterocycles. The van der Waals surface area contributed by atoms with Crippen molar-refractivity contribution in [3.8, 4) is 0 Å². The monoisotopic (exact) mass is 377 g/mol. The van der Waals surface area contributed by atoms with Crippen LogP contribution in [0.5, 0.6) is 0 Å². The Morgan fingerprint density at radius 2 is 1.93 bits per heavy atom. The van der Waals surface area contributed by atoms with Crippen molar-refractivity contribution in [3.05, 3.63) is 18.2 Å². The Kier molecular flexibility index (Phi) is 7.26. The topological polar surface area (TPSA) is 62.6 Å². The lowest BCUT2D eigenvalue weighted by molar-refractivity contribution is 0.0000193. The molecule has 7 nitrogen and oxygen atoms in total. The lowest BCUT2D eigenvalue weighted by Crippen LogP contribution is -2.53. The number of nitrogens with one attached hydrogen (secondary N) is 1. The number of carbonyl (C=O) groups is 1. The molecule has 0 atom stereocenters. The summed E-state index contributed by atoms with van der Waals surface area (Å²) < 4.78 is 7.37. The quantitative estimate of drug-likeness (QED) is 0.780. The van der Waals surface area contributed by atoms with Crippen molar-refractivity contribution in [1.29, 1.82) is 0 Å². The van der Waals surface area contributed by atoms with E-state index in [1.54, 1.807) is 17.1 Å². The Hall–Kier alpha value is -1.44. The Morgan fingerprint density at radius 3 is 2.52 bits per heavy atom. The molecule has 0 unspecified atom stereocenters. The van der Waals surface area contributed by atoms with Gasteiger partial charge in [0.2, 0.25) is 0 Å². The van der Waals surface area contributed by atoms with Gasteiger partial charge in [-0.15, -0.1) is 0 Å². The second kappa shape index (κ2) is 9.66. The van der Waals surface area contributed by atoms with Crippen LogP contribution in [0.3, 0.4) is 0 Å². The molecule has 1 amide bonds. The molecular formula is C20H35N5O2. The Balaban J connectivity index is 1.54. The predicted octanol–water partition coefficient (Wildman–Crippen LogP) is 1.50. The number of rotatable bonds is 7. The Bertz CT molecular complexity index is 589. The lowest BCUT2D eigenvalue weighted by atomic mass is 9.97. The van der Waals surface area contributed by atoms with Crippen LogP contribution in [-0.2, 0) is 11.8 Å². The molecule has 1 aromatic rings. The third-order valence-electron chi connectivity index (χ3n) is 5.95. The maximum absolute atomic E-state index is 12.3. The van der Waals surface area contributed by atoms with E-state index >= 15 is 0 Å². The van der Waals surface area contributed by atoms with E-state index < -0.39 is 0 Å². The van der Waals surface area contributed by atoms with Gasteiger partial charge in [-0.05, 0) is 52.6 Å². The average Bonchev–Trinajstić information content (AvgIpc) is 3.12. The minimum absolute atomic E-state index is 0.0860. The summed E-state index contributed by atoms with van der Waals surface area (Å²) in [6, 6.07) is 1.80. The van der Waals surface area contributed by atoms with Gasteiger partial charge in [0.1, 0.15) is 5.69 Å². The van der Waals surface area contributed by atoms with Gasteiger partial charge in [0.25, 0.3) is 5.91 Å². The number of piperidine rings is 1. The zero-order chi connectivity index (χ0) is 19.2. The molecule has 152 valence electrons. The molecular weight excluding hydrogens is 342 g/mol. The number of aryl methyl sites for hydroxylation is 1. The number of ether oxygens (including phenoxy) is 1. The zero-order valence-corrected chi connectivity index (χ0v) is 17.1. The van der Waals surface area contributed by atoms with E-state index in [0.717, 1.165) is 32.6 Å². The number of likely N-dealkylation sites (tertiary alicyclic amines) is 1. The normalized spacial score (nSPS) is 20.5. The molecule has 2 aliphatic heterocycles. The molecule has 0 aromatic carbocycles. The molecule has 0 radical (unpaired) electrons. The number of imidazole rings is 1. The van der Waals surface area contributed by atoms with E-state index in [9.17, 15) is 4.79 Å². The van der Waals surface area contributed by atoms with Crippen molar-refractivity contribution in [3.63, 3.8) is 0 Å². The van der Waals surface area contributed by atoms with E-state index in [1.807, 2.05) is 7.05 Å². The largest absolute Gasteiger partial charge is 0.381 e. The first-order valence-corrected chi connectivity index (χ1v) is 10.4. The third-order valence-corrected chi connectivity index (χ3v) is 5.95. The van der Waals surface area contributed by atoms with E-state index in [1.165, 1.54) is 25.9 Å². The average molecular weight is 378 g/mol. The van der Waals surface area contributed by atoms with E-state index in [-0.39, 0.29) is 5.91 Å². The molecule has 7 heteroatoms. The van der Waals surface area contributed by atoms with Gasteiger partial charge in [-0.3, -0.25) is 9.69 Å². The second-order valence-electron chi connectivity index (χ2n) is 8.12. The summed E-state index contributed by atoms with van der Waals surface area (Å²) in [4.78, 5) is 21.6. The number of nitrogens with zero attached hydrogens (tertiary/aromatic N) is 4. The fourth-order valence-corrected chi connectivity index (χ4v) is 4.33. The highest BCUT2D eigenvalue weighted by atomic mass is 16.5. The Morgan fingerprint density at radius 1 is 1.26 bits per heavy atom. The number of hydrogen-bond acceptors (Lipinski definition) is 5. The number of carbonyl (C=O) groups excluding carboxylic acids is 1. The van der Waals surface area contributed by atoms with Crippen LogP contribution in [0.1, 0.15) is 50.0 Å². The van der Waals surface area contributed by atoms with Crippen molar-refractivity contribution >= 4 is 5.91 Å². The highest BCUT2D eigenvalue weighted by molar-refractivity contribution is 5.91. The van der Waals surface area contributed by atoms with Crippen LogP contribution in [0.2, 0.25) is 0 Å². The van der Waals surface area contributed by atoms with Crippen LogP contribution in [0.4, 0.5) is 0 Å². The van der Waals surface area contributed by atoms with Gasteiger partial charge in [0.05, 0.1) is 6.33 Å². The van der Waals surface area contributed by atoms with Gasteiger partial charge in [-0.1, -0.05) is 0 Å². The summed E-state index contributed by atoms with van der Waals surface area (Å²) in [5.41, 5.74) is 0.486. The number of amides is 1. The number of aromatic nitrogens is 2. The van der Waals surface area contributed by atoms with Crippen LogP contribution < -0.4 is 5.32 Å². The standard InChI is InChI=1S/C20H35N5O2/c1-16(2)24-9-4-17(5-10-24)25(18-6-12-27-13-7-18)11-8-21-20(26)19-14-23(3)15-22-19/h14-18H,4-13H2,1-3H3,(H,21,26). The molecule has 0 spiro atoms.